The molecule has 1 aliphatic heterocycles. The number of para-hydroxylation sites is 1. The van der Waals surface area contributed by atoms with E-state index >= 15 is 0 Å². The molecule has 10 heteroatoms. The normalized spacial score (nSPS) is 15.2. The zero-order valence-corrected chi connectivity index (χ0v) is 19.8. The van der Waals surface area contributed by atoms with Gasteiger partial charge in [0.1, 0.15) is 23.0 Å². The van der Waals surface area contributed by atoms with Crippen molar-refractivity contribution in [2.24, 2.45) is 5.73 Å². The van der Waals surface area contributed by atoms with Gasteiger partial charge in [-0.1, -0.05) is 35.9 Å². The van der Waals surface area contributed by atoms with Gasteiger partial charge >= 0.3 is 11.8 Å². The van der Waals surface area contributed by atoms with Gasteiger partial charge in [-0.15, -0.1) is 0 Å². The number of alkyl halides is 3. The van der Waals surface area contributed by atoms with Gasteiger partial charge in [0.2, 0.25) is 5.88 Å². The molecule has 0 saturated heterocycles. The van der Waals surface area contributed by atoms with Crippen LogP contribution in [0.2, 0.25) is 5.02 Å². The van der Waals surface area contributed by atoms with Crippen molar-refractivity contribution in [1.29, 1.82) is 5.26 Å². The first kappa shape index (κ1) is 24.3. The number of hydrogen-bond acceptors (Lipinski definition) is 6. The van der Waals surface area contributed by atoms with Crippen LogP contribution in [0, 0.1) is 11.3 Å². The van der Waals surface area contributed by atoms with E-state index in [9.17, 15) is 23.2 Å². The lowest BCUT2D eigenvalue weighted by Crippen LogP contribution is -2.26. The summed E-state index contributed by atoms with van der Waals surface area (Å²) in [6, 6.07) is 16.9. The molecular weight excluding hydrogens is 509 g/mol. The molecule has 5 rings (SSSR count). The van der Waals surface area contributed by atoms with E-state index in [-0.39, 0.29) is 45.2 Å². The van der Waals surface area contributed by atoms with Crippen LogP contribution >= 0.6 is 11.6 Å². The third-order valence-electron chi connectivity index (χ3n) is 6.11. The topological polar surface area (TPSA) is 98.5 Å². The maximum atomic E-state index is 13.5. The van der Waals surface area contributed by atoms with Gasteiger partial charge in [-0.3, -0.25) is 0 Å². The average molecular weight is 525 g/mol. The van der Waals surface area contributed by atoms with E-state index in [0.29, 0.717) is 10.9 Å². The molecule has 0 radical (unpaired) electrons. The minimum Gasteiger partial charge on any atom is -0.496 e. The van der Waals surface area contributed by atoms with E-state index in [1.807, 2.05) is 6.07 Å². The summed E-state index contributed by atoms with van der Waals surface area (Å²) in [5.41, 5.74) is 5.49. The molecule has 1 aliphatic rings. The third kappa shape index (κ3) is 4.05. The number of benzene rings is 3. The number of methoxy groups -OCH3 is 1. The van der Waals surface area contributed by atoms with Crippen molar-refractivity contribution in [2.45, 2.75) is 12.1 Å². The highest BCUT2D eigenvalue weighted by molar-refractivity contribution is 6.31. The number of hydrogen-bond donors (Lipinski definition) is 1. The Morgan fingerprint density at radius 2 is 1.86 bits per heavy atom. The summed E-state index contributed by atoms with van der Waals surface area (Å²) in [5, 5.41) is 9.93. The quantitative estimate of drug-likeness (QED) is 0.313. The Labute approximate surface area is 212 Å². The summed E-state index contributed by atoms with van der Waals surface area (Å²) in [5.74, 6) is -0.781. The lowest BCUT2D eigenvalue weighted by molar-refractivity contribution is -0.137. The molecule has 0 spiro atoms. The fraction of sp³-hybridized carbons (Fsp3) is 0.111. The van der Waals surface area contributed by atoms with E-state index in [1.165, 1.54) is 19.2 Å². The first-order valence-electron chi connectivity index (χ1n) is 10.8. The van der Waals surface area contributed by atoms with Crippen LogP contribution in [0.25, 0.3) is 22.1 Å². The highest BCUT2D eigenvalue weighted by Gasteiger charge is 2.36. The summed E-state index contributed by atoms with van der Waals surface area (Å²) >= 11 is 5.80. The second kappa shape index (κ2) is 8.91. The molecule has 1 unspecified atom stereocenters. The van der Waals surface area contributed by atoms with Crippen molar-refractivity contribution < 1.29 is 27.1 Å². The van der Waals surface area contributed by atoms with Crippen molar-refractivity contribution in [1.82, 2.24) is 0 Å². The zero-order valence-electron chi connectivity index (χ0n) is 19.0. The first-order chi connectivity index (χ1) is 17.6. The number of nitrogens with two attached hydrogens (primary N) is 1. The van der Waals surface area contributed by atoms with Gasteiger partial charge in [-0.05, 0) is 47.5 Å². The van der Waals surface area contributed by atoms with Crippen molar-refractivity contribution in [3.05, 3.63) is 104 Å². The predicted molar refractivity (Wildman–Crippen MR) is 130 cm³/mol. The number of nitrogens with zero attached hydrogens (tertiary/aromatic N) is 1. The Morgan fingerprint density at radius 3 is 2.57 bits per heavy atom. The number of fused-ring (bicyclic) bond motifs is 3. The Bertz CT molecular complexity index is 1700. The van der Waals surface area contributed by atoms with Crippen LogP contribution in [0.4, 0.5) is 13.2 Å². The number of allylic oxidation sites excluding steroid dienone is 1. The Balaban J connectivity index is 1.77. The second-order valence-corrected chi connectivity index (χ2v) is 8.61. The van der Waals surface area contributed by atoms with Gasteiger partial charge in [0.25, 0.3) is 0 Å². The summed E-state index contributed by atoms with van der Waals surface area (Å²) in [6.07, 6.45) is -4.68. The van der Waals surface area contributed by atoms with Gasteiger partial charge < -0.3 is 19.6 Å². The second-order valence-electron chi connectivity index (χ2n) is 8.21. The Hall–Kier alpha value is -4.42. The molecule has 1 atom stereocenters. The van der Waals surface area contributed by atoms with Crippen LogP contribution in [0.3, 0.4) is 0 Å². The van der Waals surface area contributed by atoms with Crippen LogP contribution in [-0.2, 0) is 6.18 Å². The molecule has 1 aromatic heterocycles. The molecule has 37 heavy (non-hydrogen) atoms. The minimum absolute atomic E-state index is 0.0433. The van der Waals surface area contributed by atoms with Crippen molar-refractivity contribution in [2.75, 3.05) is 7.11 Å². The fourth-order valence-electron chi connectivity index (χ4n) is 4.44. The molecule has 2 N–H and O–H groups in total. The molecule has 0 aliphatic carbocycles. The molecule has 4 aromatic rings. The fourth-order valence-corrected chi connectivity index (χ4v) is 4.66. The molecule has 186 valence electrons. The predicted octanol–water partition coefficient (Wildman–Crippen LogP) is 6.36. The van der Waals surface area contributed by atoms with Crippen LogP contribution in [0.5, 0.6) is 11.5 Å². The van der Waals surface area contributed by atoms with Crippen LogP contribution in [-0.4, -0.2) is 7.11 Å². The molecule has 0 fully saturated rings. The Morgan fingerprint density at radius 1 is 1.11 bits per heavy atom. The molecule has 2 heterocycles. The van der Waals surface area contributed by atoms with Gasteiger partial charge in [-0.25, -0.2) is 4.79 Å². The summed E-state index contributed by atoms with van der Waals surface area (Å²) in [4.78, 5) is 13.1. The van der Waals surface area contributed by atoms with Crippen molar-refractivity contribution in [3.63, 3.8) is 0 Å². The Kier molecular flexibility index (Phi) is 5.85. The molecule has 3 aromatic carbocycles. The molecular formula is C27H16ClF3N2O4. The van der Waals surface area contributed by atoms with E-state index in [1.54, 1.807) is 36.4 Å². The summed E-state index contributed by atoms with van der Waals surface area (Å²) in [6.45, 7) is 0. The monoisotopic (exact) mass is 524 g/mol. The molecule has 0 saturated carbocycles. The summed E-state index contributed by atoms with van der Waals surface area (Å²) in [7, 11) is 1.38. The van der Waals surface area contributed by atoms with E-state index in [4.69, 9.17) is 31.2 Å². The maximum Gasteiger partial charge on any atom is 0.417 e. The van der Waals surface area contributed by atoms with Gasteiger partial charge in [-0.2, -0.15) is 18.4 Å². The SMILES string of the molecule is COc1ccc(C2C(C#N)=C(N)Oc3c2c(=O)oc2ccccc32)cc1-c1ccc(Cl)c(C(F)(F)F)c1. The third-order valence-corrected chi connectivity index (χ3v) is 6.44. The van der Waals surface area contributed by atoms with Crippen molar-refractivity contribution in [3.8, 4) is 28.7 Å². The molecule has 0 bridgehead atoms. The van der Waals surface area contributed by atoms with Crippen molar-refractivity contribution >= 4 is 22.6 Å². The number of halogens is 4. The minimum atomic E-state index is -4.68. The average Bonchev–Trinajstić information content (AvgIpc) is 2.87. The highest BCUT2D eigenvalue weighted by Crippen LogP contribution is 2.46. The summed E-state index contributed by atoms with van der Waals surface area (Å²) < 4.78 is 57.2. The lowest BCUT2D eigenvalue weighted by atomic mass is 9.82. The zero-order chi connectivity index (χ0) is 26.5. The first-order valence-corrected chi connectivity index (χ1v) is 11.2. The van der Waals surface area contributed by atoms with E-state index < -0.39 is 28.3 Å². The smallest absolute Gasteiger partial charge is 0.417 e. The highest BCUT2D eigenvalue weighted by atomic mass is 35.5. The number of ether oxygens (including phenoxy) is 2. The van der Waals surface area contributed by atoms with Crippen LogP contribution in [0.15, 0.2) is 81.3 Å². The lowest BCUT2D eigenvalue weighted by Gasteiger charge is -2.26. The number of rotatable bonds is 3. The van der Waals surface area contributed by atoms with Gasteiger partial charge in [0, 0.05) is 5.56 Å². The standard InChI is InChI=1S/C27H16ClF3N2O4/c1-35-20-9-7-14(10-16(20)13-6-8-19(28)18(11-13)27(29,30)31)22-17(12-32)25(33)37-24-15-4-2-3-5-21(15)36-26(34)23(22)24/h2-11,22H,33H2,1H3. The van der Waals surface area contributed by atoms with Crippen LogP contribution in [0.1, 0.15) is 22.6 Å². The van der Waals surface area contributed by atoms with Crippen LogP contribution < -0.4 is 20.8 Å². The maximum absolute atomic E-state index is 13.5. The molecule has 0 amide bonds. The molecule has 6 nitrogen and oxygen atoms in total. The van der Waals surface area contributed by atoms with Gasteiger partial charge in [0.15, 0.2) is 5.75 Å². The largest absolute Gasteiger partial charge is 0.496 e. The van der Waals surface area contributed by atoms with Gasteiger partial charge in [0.05, 0.1) is 34.6 Å². The number of nitriles is 1. The van der Waals surface area contributed by atoms with E-state index in [2.05, 4.69) is 0 Å². The van der Waals surface area contributed by atoms with E-state index in [0.717, 1.165) is 12.1 Å².